The first kappa shape index (κ1) is 17.9. The molecule has 1 heterocycles. The van der Waals surface area contributed by atoms with E-state index in [1.165, 1.54) is 0 Å². The molecule has 0 aliphatic rings. The number of nitrogens with zero attached hydrogens (tertiary/aromatic N) is 3. The van der Waals surface area contributed by atoms with E-state index >= 15 is 0 Å². The molecule has 26 heavy (non-hydrogen) atoms. The molecule has 0 unspecified atom stereocenters. The summed E-state index contributed by atoms with van der Waals surface area (Å²) in [6.45, 7) is 2.37. The fraction of sp³-hybridized carbons (Fsp3) is 0.286. The molecule has 3 aromatic rings. The van der Waals surface area contributed by atoms with Crippen LogP contribution in [0, 0.1) is 6.92 Å². The molecular formula is C21H23N3O2. The van der Waals surface area contributed by atoms with Crippen LogP contribution in [-0.2, 0) is 17.8 Å². The van der Waals surface area contributed by atoms with E-state index in [2.05, 4.69) is 34.4 Å². The average Bonchev–Trinajstić information content (AvgIpc) is 3.08. The minimum atomic E-state index is 0.115. The highest BCUT2D eigenvalue weighted by atomic mass is 16.5. The zero-order valence-electron chi connectivity index (χ0n) is 15.2. The molecule has 0 bridgehead atoms. The van der Waals surface area contributed by atoms with Crippen LogP contribution < -0.4 is 0 Å². The van der Waals surface area contributed by atoms with E-state index in [0.29, 0.717) is 37.5 Å². The summed E-state index contributed by atoms with van der Waals surface area (Å²) in [7, 11) is 1.85. The smallest absolute Gasteiger partial charge is 0.226 e. The predicted molar refractivity (Wildman–Crippen MR) is 100 cm³/mol. The number of hydrogen-bond donors (Lipinski definition) is 0. The molecule has 5 heteroatoms. The Balaban J connectivity index is 1.59. The lowest BCUT2D eigenvalue weighted by Crippen LogP contribution is -2.26. The SMILES string of the molecule is Cc1noc(CCCC(=O)N(C)Cc2ccccc2-c2ccccc2)n1. The van der Waals surface area contributed by atoms with Gasteiger partial charge in [-0.05, 0) is 30.0 Å². The molecule has 0 atom stereocenters. The maximum absolute atomic E-state index is 12.4. The second-order valence-corrected chi connectivity index (χ2v) is 6.36. The predicted octanol–water partition coefficient (Wildman–Crippen LogP) is 4.03. The standard InChI is InChI=1S/C21H23N3O2/c1-16-22-20(26-23-16)13-8-14-21(25)24(2)15-18-11-6-7-12-19(18)17-9-4-3-5-10-17/h3-7,9-12H,8,13-15H2,1-2H3. The Kier molecular flexibility index (Phi) is 5.79. The second kappa shape index (κ2) is 8.43. The minimum absolute atomic E-state index is 0.115. The molecule has 0 saturated carbocycles. The number of carbonyl (C=O) groups excluding carboxylic acids is 1. The van der Waals surface area contributed by atoms with Crippen LogP contribution in [0.1, 0.15) is 30.1 Å². The third-order valence-electron chi connectivity index (χ3n) is 4.29. The van der Waals surface area contributed by atoms with Crippen LogP contribution in [0.4, 0.5) is 0 Å². The molecule has 0 saturated heterocycles. The van der Waals surface area contributed by atoms with Crippen molar-refractivity contribution >= 4 is 5.91 Å². The van der Waals surface area contributed by atoms with Crippen molar-refractivity contribution in [2.24, 2.45) is 0 Å². The maximum atomic E-state index is 12.4. The third kappa shape index (κ3) is 4.57. The maximum Gasteiger partial charge on any atom is 0.226 e. The van der Waals surface area contributed by atoms with Crippen LogP contribution in [0.5, 0.6) is 0 Å². The van der Waals surface area contributed by atoms with E-state index in [1.54, 1.807) is 11.8 Å². The van der Waals surface area contributed by atoms with Crippen LogP contribution in [-0.4, -0.2) is 28.0 Å². The molecule has 2 aromatic carbocycles. The van der Waals surface area contributed by atoms with Gasteiger partial charge >= 0.3 is 0 Å². The summed E-state index contributed by atoms with van der Waals surface area (Å²) in [6.07, 6.45) is 1.79. The van der Waals surface area contributed by atoms with Crippen molar-refractivity contribution < 1.29 is 9.32 Å². The zero-order chi connectivity index (χ0) is 18.4. The van der Waals surface area contributed by atoms with Crippen molar-refractivity contribution in [1.29, 1.82) is 0 Å². The quantitative estimate of drug-likeness (QED) is 0.646. The molecule has 0 fully saturated rings. The Bertz CT molecular complexity index is 858. The van der Waals surface area contributed by atoms with Gasteiger partial charge in [-0.3, -0.25) is 4.79 Å². The molecule has 0 radical (unpaired) electrons. The molecule has 0 spiro atoms. The summed E-state index contributed by atoms with van der Waals surface area (Å²) in [5.74, 6) is 1.33. The van der Waals surface area contributed by atoms with E-state index < -0.39 is 0 Å². The largest absolute Gasteiger partial charge is 0.341 e. The average molecular weight is 349 g/mol. The molecule has 1 amide bonds. The highest BCUT2D eigenvalue weighted by molar-refractivity contribution is 5.76. The summed E-state index contributed by atoms with van der Waals surface area (Å²) in [6, 6.07) is 18.5. The number of hydrogen-bond acceptors (Lipinski definition) is 4. The van der Waals surface area contributed by atoms with Gasteiger partial charge in [-0.1, -0.05) is 59.8 Å². The molecule has 0 aliphatic heterocycles. The van der Waals surface area contributed by atoms with E-state index in [-0.39, 0.29) is 5.91 Å². The Morgan fingerprint density at radius 1 is 1.08 bits per heavy atom. The fourth-order valence-corrected chi connectivity index (χ4v) is 2.92. The minimum Gasteiger partial charge on any atom is -0.341 e. The Morgan fingerprint density at radius 2 is 1.81 bits per heavy atom. The van der Waals surface area contributed by atoms with Crippen molar-refractivity contribution in [2.45, 2.75) is 32.7 Å². The van der Waals surface area contributed by atoms with Crippen molar-refractivity contribution in [3.05, 3.63) is 71.9 Å². The van der Waals surface area contributed by atoms with Crippen LogP contribution in [0.25, 0.3) is 11.1 Å². The van der Waals surface area contributed by atoms with Crippen LogP contribution in [0.3, 0.4) is 0 Å². The highest BCUT2D eigenvalue weighted by Crippen LogP contribution is 2.24. The van der Waals surface area contributed by atoms with Gasteiger partial charge in [0.15, 0.2) is 5.82 Å². The summed E-state index contributed by atoms with van der Waals surface area (Å²) in [5.41, 5.74) is 3.46. The van der Waals surface area contributed by atoms with Gasteiger partial charge in [0.2, 0.25) is 11.8 Å². The summed E-state index contributed by atoms with van der Waals surface area (Å²) >= 11 is 0. The van der Waals surface area contributed by atoms with Gasteiger partial charge in [0.05, 0.1) is 0 Å². The highest BCUT2D eigenvalue weighted by Gasteiger charge is 2.13. The first-order valence-corrected chi connectivity index (χ1v) is 8.80. The fourth-order valence-electron chi connectivity index (χ4n) is 2.92. The van der Waals surface area contributed by atoms with Crippen molar-refractivity contribution in [3.8, 4) is 11.1 Å². The van der Waals surface area contributed by atoms with Gasteiger partial charge in [-0.2, -0.15) is 4.98 Å². The van der Waals surface area contributed by atoms with Gasteiger partial charge in [0, 0.05) is 26.4 Å². The normalized spacial score (nSPS) is 10.7. The number of benzene rings is 2. The van der Waals surface area contributed by atoms with Crippen LogP contribution >= 0.6 is 0 Å². The van der Waals surface area contributed by atoms with Gasteiger partial charge in [0.1, 0.15) is 0 Å². The van der Waals surface area contributed by atoms with Crippen LogP contribution in [0.2, 0.25) is 0 Å². The van der Waals surface area contributed by atoms with Crippen molar-refractivity contribution in [3.63, 3.8) is 0 Å². The molecule has 3 rings (SSSR count). The molecular weight excluding hydrogens is 326 g/mol. The number of carbonyl (C=O) groups is 1. The molecule has 5 nitrogen and oxygen atoms in total. The molecule has 134 valence electrons. The Morgan fingerprint density at radius 3 is 2.54 bits per heavy atom. The second-order valence-electron chi connectivity index (χ2n) is 6.36. The van der Waals surface area contributed by atoms with E-state index in [1.807, 2.05) is 37.4 Å². The first-order chi connectivity index (χ1) is 12.6. The number of amides is 1. The van der Waals surface area contributed by atoms with Crippen LogP contribution in [0.15, 0.2) is 59.1 Å². The molecule has 1 aromatic heterocycles. The third-order valence-corrected chi connectivity index (χ3v) is 4.29. The Labute approximate surface area is 153 Å². The lowest BCUT2D eigenvalue weighted by molar-refractivity contribution is -0.130. The lowest BCUT2D eigenvalue weighted by atomic mass is 9.99. The first-order valence-electron chi connectivity index (χ1n) is 8.80. The summed E-state index contributed by atoms with van der Waals surface area (Å²) in [4.78, 5) is 18.4. The Hall–Kier alpha value is -2.95. The molecule has 0 aliphatic carbocycles. The number of rotatable bonds is 7. The number of aromatic nitrogens is 2. The van der Waals surface area contributed by atoms with E-state index in [4.69, 9.17) is 4.52 Å². The zero-order valence-corrected chi connectivity index (χ0v) is 15.2. The number of aryl methyl sites for hydroxylation is 2. The van der Waals surface area contributed by atoms with Gasteiger partial charge in [-0.25, -0.2) is 0 Å². The van der Waals surface area contributed by atoms with Gasteiger partial charge < -0.3 is 9.42 Å². The van der Waals surface area contributed by atoms with Gasteiger partial charge in [-0.15, -0.1) is 0 Å². The molecule has 0 N–H and O–H groups in total. The van der Waals surface area contributed by atoms with E-state index in [9.17, 15) is 4.79 Å². The topological polar surface area (TPSA) is 59.2 Å². The lowest BCUT2D eigenvalue weighted by Gasteiger charge is -2.19. The monoisotopic (exact) mass is 349 g/mol. The van der Waals surface area contributed by atoms with Crippen molar-refractivity contribution in [1.82, 2.24) is 15.0 Å². The van der Waals surface area contributed by atoms with Crippen molar-refractivity contribution in [2.75, 3.05) is 7.05 Å². The van der Waals surface area contributed by atoms with Gasteiger partial charge in [0.25, 0.3) is 0 Å². The summed E-state index contributed by atoms with van der Waals surface area (Å²) in [5, 5.41) is 3.76. The van der Waals surface area contributed by atoms with E-state index in [0.717, 1.165) is 16.7 Å². The summed E-state index contributed by atoms with van der Waals surface area (Å²) < 4.78 is 5.08.